The van der Waals surface area contributed by atoms with Crippen LogP contribution in [0, 0.1) is 0 Å². The number of hydrogen-bond acceptors (Lipinski definition) is 0. The van der Waals surface area contributed by atoms with Crippen LogP contribution < -0.4 is 0 Å². The van der Waals surface area contributed by atoms with Crippen LogP contribution in [0.2, 0.25) is 13.1 Å². The summed E-state index contributed by atoms with van der Waals surface area (Å²) in [6, 6.07) is 31.6. The Balaban J connectivity index is 1.61. The molecule has 0 bridgehead atoms. The van der Waals surface area contributed by atoms with Crippen LogP contribution in [0.5, 0.6) is 0 Å². The van der Waals surface area contributed by atoms with Gasteiger partial charge in [0.2, 0.25) is 0 Å². The van der Waals surface area contributed by atoms with Gasteiger partial charge >= 0.3 is 0 Å². The van der Waals surface area contributed by atoms with Crippen molar-refractivity contribution < 1.29 is 0 Å². The fourth-order valence-electron chi connectivity index (χ4n) is 5.45. The fourth-order valence-corrected chi connectivity index (χ4v) is 8.75. The van der Waals surface area contributed by atoms with E-state index in [4.69, 9.17) is 0 Å². The quantitative estimate of drug-likeness (QED) is 0.248. The van der Waals surface area contributed by atoms with Crippen LogP contribution in [-0.2, 0) is 0 Å². The number of aromatic nitrogens is 2. The summed E-state index contributed by atoms with van der Waals surface area (Å²) in [5.41, 5.74) is 5.47. The molecule has 7 rings (SSSR count). The molecule has 0 spiro atoms. The van der Waals surface area contributed by atoms with E-state index in [0.717, 1.165) is 0 Å². The second-order valence-corrected chi connectivity index (χ2v) is 12.6. The standard InChI is InChI=1S/C26H20N2Si/c1-29(2)27-23-13-19-9-5-3-7-17(19)11-21(23)15-25(27)26-16-22-12-18-8-4-6-10-20(18)14-24(22)28(26)29/h3-16H,1-2H3. The van der Waals surface area contributed by atoms with Crippen molar-refractivity contribution in [2.75, 3.05) is 0 Å². The maximum Gasteiger partial charge on any atom is 0.267 e. The van der Waals surface area contributed by atoms with Crippen LogP contribution in [0.1, 0.15) is 0 Å². The number of rotatable bonds is 0. The van der Waals surface area contributed by atoms with Crippen LogP contribution in [0.3, 0.4) is 0 Å². The van der Waals surface area contributed by atoms with Gasteiger partial charge < -0.3 is 8.47 Å². The van der Waals surface area contributed by atoms with Gasteiger partial charge in [0.25, 0.3) is 8.40 Å². The molecule has 3 heteroatoms. The van der Waals surface area contributed by atoms with Gasteiger partial charge in [-0.3, -0.25) is 0 Å². The molecule has 2 nitrogen and oxygen atoms in total. The highest BCUT2D eigenvalue weighted by Crippen LogP contribution is 2.44. The molecule has 0 amide bonds. The topological polar surface area (TPSA) is 9.86 Å². The minimum absolute atomic E-state index is 1.32. The first-order valence-corrected chi connectivity index (χ1v) is 13.1. The van der Waals surface area contributed by atoms with E-state index in [0.29, 0.717) is 0 Å². The van der Waals surface area contributed by atoms with E-state index in [1.807, 2.05) is 0 Å². The predicted molar refractivity (Wildman–Crippen MR) is 126 cm³/mol. The molecule has 3 heterocycles. The van der Waals surface area contributed by atoms with Crippen molar-refractivity contribution in [3.63, 3.8) is 0 Å². The smallest absolute Gasteiger partial charge is 0.267 e. The lowest BCUT2D eigenvalue weighted by atomic mass is 10.1. The SMILES string of the molecule is C[Si]1(C)n2c(cc3cc4ccccc4cc32)-c2cc3cc4ccccc4cc3n21. The summed E-state index contributed by atoms with van der Waals surface area (Å²) in [4.78, 5) is 0. The third-order valence-electron chi connectivity index (χ3n) is 6.69. The normalized spacial score (nSPS) is 14.8. The molecule has 0 N–H and O–H groups in total. The lowest BCUT2D eigenvalue weighted by Gasteiger charge is -2.24. The molecular formula is C26H20N2Si. The van der Waals surface area contributed by atoms with Gasteiger partial charge in [-0.25, -0.2) is 0 Å². The largest absolute Gasteiger partial charge is 0.348 e. The molecule has 0 saturated heterocycles. The van der Waals surface area contributed by atoms with Crippen molar-refractivity contribution >= 4 is 51.7 Å². The molecule has 138 valence electrons. The van der Waals surface area contributed by atoms with Crippen molar-refractivity contribution in [1.29, 1.82) is 0 Å². The van der Waals surface area contributed by atoms with Gasteiger partial charge in [-0.05, 0) is 71.0 Å². The first-order valence-electron chi connectivity index (χ1n) is 10.2. The van der Waals surface area contributed by atoms with Gasteiger partial charge in [0.1, 0.15) is 0 Å². The summed E-state index contributed by atoms with van der Waals surface area (Å²) in [7, 11) is -1.95. The molecule has 0 atom stereocenters. The molecule has 0 saturated carbocycles. The molecule has 29 heavy (non-hydrogen) atoms. The van der Waals surface area contributed by atoms with Gasteiger partial charge in [0.05, 0.1) is 11.4 Å². The molecule has 0 unspecified atom stereocenters. The Morgan fingerprint density at radius 3 is 1.28 bits per heavy atom. The summed E-state index contributed by atoms with van der Waals surface area (Å²) < 4.78 is 5.30. The number of hydrogen-bond donors (Lipinski definition) is 0. The maximum absolute atomic E-state index is 2.65. The van der Waals surface area contributed by atoms with E-state index in [9.17, 15) is 0 Å². The van der Waals surface area contributed by atoms with E-state index >= 15 is 0 Å². The Morgan fingerprint density at radius 2 is 0.862 bits per heavy atom. The van der Waals surface area contributed by atoms with Gasteiger partial charge in [-0.1, -0.05) is 48.5 Å². The van der Waals surface area contributed by atoms with E-state index < -0.39 is 8.40 Å². The van der Waals surface area contributed by atoms with Crippen LogP contribution in [0.15, 0.2) is 84.9 Å². The van der Waals surface area contributed by atoms with Gasteiger partial charge in [-0.2, -0.15) is 0 Å². The van der Waals surface area contributed by atoms with Crippen molar-refractivity contribution in [2.24, 2.45) is 0 Å². The Labute approximate surface area is 169 Å². The van der Waals surface area contributed by atoms with E-state index in [1.54, 1.807) is 0 Å². The highest BCUT2D eigenvalue weighted by atomic mass is 28.3. The summed E-state index contributed by atoms with van der Waals surface area (Å²) in [5.74, 6) is 0. The van der Waals surface area contributed by atoms with E-state index in [2.05, 4.69) is 106 Å². The van der Waals surface area contributed by atoms with Crippen LogP contribution in [0.25, 0.3) is 54.7 Å². The second-order valence-electron chi connectivity index (χ2n) is 8.74. The summed E-state index contributed by atoms with van der Waals surface area (Å²) in [6.07, 6.45) is 0. The average Bonchev–Trinajstić information content (AvgIpc) is 3.33. The molecule has 0 fully saturated rings. The van der Waals surface area contributed by atoms with Crippen molar-refractivity contribution in [3.8, 4) is 11.4 Å². The monoisotopic (exact) mass is 388 g/mol. The van der Waals surface area contributed by atoms with Crippen molar-refractivity contribution in [3.05, 3.63) is 84.9 Å². The lowest BCUT2D eigenvalue weighted by Crippen LogP contribution is -2.41. The Bertz CT molecular complexity index is 1510. The third kappa shape index (κ3) is 1.86. The summed E-state index contributed by atoms with van der Waals surface area (Å²) in [6.45, 7) is 4.94. The fraction of sp³-hybridized carbons (Fsp3) is 0.0769. The molecule has 2 aromatic heterocycles. The molecule has 0 radical (unpaired) electrons. The first-order chi connectivity index (χ1) is 14.1. The maximum atomic E-state index is 2.65. The van der Waals surface area contributed by atoms with E-state index in [1.165, 1.54) is 54.7 Å². The summed E-state index contributed by atoms with van der Waals surface area (Å²) in [5, 5.41) is 7.96. The average molecular weight is 389 g/mol. The third-order valence-corrected chi connectivity index (χ3v) is 9.85. The molecule has 1 aliphatic rings. The predicted octanol–water partition coefficient (Wildman–Crippen LogP) is 6.98. The van der Waals surface area contributed by atoms with Gasteiger partial charge in [0.15, 0.2) is 0 Å². The molecule has 0 aliphatic carbocycles. The van der Waals surface area contributed by atoms with Gasteiger partial charge in [0, 0.05) is 21.8 Å². The molecule has 1 aliphatic heterocycles. The Kier molecular flexibility index (Phi) is 2.69. The zero-order chi connectivity index (χ0) is 19.3. The second kappa shape index (κ2) is 4.99. The highest BCUT2D eigenvalue weighted by Gasteiger charge is 2.40. The first kappa shape index (κ1) is 15.6. The molecular weight excluding hydrogens is 368 g/mol. The minimum atomic E-state index is -1.95. The number of benzene rings is 4. The Hall–Kier alpha value is -3.30. The number of nitrogens with zero attached hydrogens (tertiary/aromatic N) is 2. The molecule has 6 aromatic rings. The van der Waals surface area contributed by atoms with Crippen LogP contribution in [0.4, 0.5) is 0 Å². The minimum Gasteiger partial charge on any atom is -0.348 e. The summed E-state index contributed by atoms with van der Waals surface area (Å²) >= 11 is 0. The van der Waals surface area contributed by atoms with Gasteiger partial charge in [-0.15, -0.1) is 0 Å². The molecule has 4 aromatic carbocycles. The lowest BCUT2D eigenvalue weighted by molar-refractivity contribution is 1.16. The Morgan fingerprint density at radius 1 is 0.483 bits per heavy atom. The van der Waals surface area contributed by atoms with Crippen molar-refractivity contribution in [1.82, 2.24) is 8.47 Å². The zero-order valence-corrected chi connectivity index (χ0v) is 17.5. The van der Waals surface area contributed by atoms with Crippen molar-refractivity contribution in [2.45, 2.75) is 13.1 Å². The highest BCUT2D eigenvalue weighted by molar-refractivity contribution is 6.78. The van der Waals surface area contributed by atoms with Crippen LogP contribution in [-0.4, -0.2) is 16.9 Å². The zero-order valence-electron chi connectivity index (χ0n) is 16.5. The van der Waals surface area contributed by atoms with Crippen LogP contribution >= 0.6 is 0 Å². The number of fused-ring (bicyclic) bond motifs is 9. The van der Waals surface area contributed by atoms with E-state index in [-0.39, 0.29) is 0 Å².